The standard InChI is InChI=1S/C21H27N3O2S/c1-4-18-15(2)12-19(27-18)21(26)22-13-20(25)24-11-10-23(3)14-17(24)16-8-6-5-7-9-16/h5-9,12,17H,4,10-11,13-14H2,1-3H3,(H,22,26)/t17-/m0/s1. The molecule has 2 amide bonds. The van der Waals surface area contributed by atoms with E-state index in [1.165, 1.54) is 16.2 Å². The molecule has 0 bridgehead atoms. The van der Waals surface area contributed by atoms with Gasteiger partial charge in [0.25, 0.3) is 5.91 Å². The molecule has 0 spiro atoms. The molecule has 144 valence electrons. The fourth-order valence-electron chi connectivity index (χ4n) is 3.51. The quantitative estimate of drug-likeness (QED) is 0.861. The third-order valence-electron chi connectivity index (χ3n) is 5.05. The van der Waals surface area contributed by atoms with Crippen LogP contribution in [0.1, 0.15) is 38.6 Å². The molecular weight excluding hydrogens is 358 g/mol. The highest BCUT2D eigenvalue weighted by molar-refractivity contribution is 7.14. The van der Waals surface area contributed by atoms with Crippen LogP contribution in [0.3, 0.4) is 0 Å². The summed E-state index contributed by atoms with van der Waals surface area (Å²) in [5.74, 6) is -0.198. The normalized spacial score (nSPS) is 17.7. The van der Waals surface area contributed by atoms with Crippen LogP contribution >= 0.6 is 11.3 Å². The van der Waals surface area contributed by atoms with E-state index in [1.807, 2.05) is 36.1 Å². The zero-order valence-corrected chi connectivity index (χ0v) is 17.0. The van der Waals surface area contributed by atoms with Crippen LogP contribution in [0.5, 0.6) is 0 Å². The fourth-order valence-corrected chi connectivity index (χ4v) is 4.54. The average molecular weight is 386 g/mol. The van der Waals surface area contributed by atoms with Crippen molar-refractivity contribution in [1.82, 2.24) is 15.1 Å². The number of nitrogens with zero attached hydrogens (tertiary/aromatic N) is 2. The minimum absolute atomic E-state index is 0.0185. The summed E-state index contributed by atoms with van der Waals surface area (Å²) in [6.45, 7) is 6.45. The first-order valence-corrected chi connectivity index (χ1v) is 10.2. The van der Waals surface area contributed by atoms with Crippen molar-refractivity contribution in [3.8, 4) is 0 Å². The van der Waals surface area contributed by atoms with Crippen LogP contribution in [-0.2, 0) is 11.2 Å². The predicted octanol–water partition coefficient (Wildman–Crippen LogP) is 2.86. The lowest BCUT2D eigenvalue weighted by Gasteiger charge is -2.40. The Kier molecular flexibility index (Phi) is 6.29. The highest BCUT2D eigenvalue weighted by Crippen LogP contribution is 2.25. The van der Waals surface area contributed by atoms with E-state index in [0.717, 1.165) is 30.6 Å². The summed E-state index contributed by atoms with van der Waals surface area (Å²) in [5.41, 5.74) is 2.27. The Morgan fingerprint density at radius 2 is 1.96 bits per heavy atom. The summed E-state index contributed by atoms with van der Waals surface area (Å²) in [6, 6.07) is 12.0. The van der Waals surface area contributed by atoms with E-state index in [1.54, 1.807) is 0 Å². The maximum atomic E-state index is 12.8. The molecule has 0 unspecified atom stereocenters. The minimum Gasteiger partial charge on any atom is -0.342 e. The number of thiophene rings is 1. The van der Waals surface area contributed by atoms with E-state index >= 15 is 0 Å². The number of aryl methyl sites for hydroxylation is 2. The highest BCUT2D eigenvalue weighted by atomic mass is 32.1. The van der Waals surface area contributed by atoms with E-state index in [4.69, 9.17) is 0 Å². The summed E-state index contributed by atoms with van der Waals surface area (Å²) in [4.78, 5) is 31.3. The maximum Gasteiger partial charge on any atom is 0.261 e. The van der Waals surface area contributed by atoms with Gasteiger partial charge in [0.05, 0.1) is 17.5 Å². The molecule has 0 saturated carbocycles. The number of rotatable bonds is 5. The van der Waals surface area contributed by atoms with Crippen molar-refractivity contribution in [2.45, 2.75) is 26.3 Å². The van der Waals surface area contributed by atoms with Gasteiger partial charge in [-0.1, -0.05) is 37.3 Å². The predicted molar refractivity (Wildman–Crippen MR) is 109 cm³/mol. The molecule has 3 rings (SSSR count). The summed E-state index contributed by atoms with van der Waals surface area (Å²) in [7, 11) is 2.07. The van der Waals surface area contributed by atoms with Gasteiger partial charge in [0.1, 0.15) is 0 Å². The number of hydrogen-bond donors (Lipinski definition) is 1. The molecule has 1 aromatic carbocycles. The largest absolute Gasteiger partial charge is 0.342 e. The van der Waals surface area contributed by atoms with E-state index in [-0.39, 0.29) is 24.4 Å². The summed E-state index contributed by atoms with van der Waals surface area (Å²) < 4.78 is 0. The second-order valence-electron chi connectivity index (χ2n) is 7.03. The molecule has 1 fully saturated rings. The van der Waals surface area contributed by atoms with Crippen molar-refractivity contribution >= 4 is 23.2 Å². The van der Waals surface area contributed by atoms with Gasteiger partial charge in [0, 0.05) is 24.5 Å². The van der Waals surface area contributed by atoms with Gasteiger partial charge in [-0.25, -0.2) is 0 Å². The molecular formula is C21H27N3O2S. The van der Waals surface area contributed by atoms with Crippen LogP contribution in [0.2, 0.25) is 0 Å². The van der Waals surface area contributed by atoms with Gasteiger partial charge in [0.15, 0.2) is 0 Å². The molecule has 1 N–H and O–H groups in total. The van der Waals surface area contributed by atoms with Crippen molar-refractivity contribution in [1.29, 1.82) is 0 Å². The average Bonchev–Trinajstić information content (AvgIpc) is 3.07. The zero-order valence-electron chi connectivity index (χ0n) is 16.2. The SMILES string of the molecule is CCc1sc(C(=O)NCC(=O)N2CCN(C)C[C@H]2c2ccccc2)cc1C. The monoisotopic (exact) mass is 385 g/mol. The molecule has 1 aromatic heterocycles. The summed E-state index contributed by atoms with van der Waals surface area (Å²) >= 11 is 1.51. The lowest BCUT2D eigenvalue weighted by Crippen LogP contribution is -2.51. The molecule has 0 aliphatic carbocycles. The Bertz CT molecular complexity index is 803. The molecule has 0 radical (unpaired) electrons. The van der Waals surface area contributed by atoms with Crippen LogP contribution in [-0.4, -0.2) is 54.8 Å². The van der Waals surface area contributed by atoms with Gasteiger partial charge in [-0.3, -0.25) is 9.59 Å². The van der Waals surface area contributed by atoms with E-state index in [9.17, 15) is 9.59 Å². The van der Waals surface area contributed by atoms with Crippen LogP contribution in [0, 0.1) is 6.92 Å². The van der Waals surface area contributed by atoms with Gasteiger partial charge < -0.3 is 15.1 Å². The van der Waals surface area contributed by atoms with Gasteiger partial charge in [-0.05, 0) is 37.6 Å². The number of piperazine rings is 1. The topological polar surface area (TPSA) is 52.7 Å². The Morgan fingerprint density at radius 1 is 1.22 bits per heavy atom. The van der Waals surface area contributed by atoms with Crippen LogP contribution in [0.4, 0.5) is 0 Å². The second kappa shape index (κ2) is 8.67. The van der Waals surface area contributed by atoms with Crippen molar-refractivity contribution in [3.63, 3.8) is 0 Å². The molecule has 1 saturated heterocycles. The number of amides is 2. The first-order chi connectivity index (χ1) is 13.0. The van der Waals surface area contributed by atoms with Crippen LogP contribution in [0.25, 0.3) is 0 Å². The molecule has 5 nitrogen and oxygen atoms in total. The fraction of sp³-hybridized carbons (Fsp3) is 0.429. The lowest BCUT2D eigenvalue weighted by atomic mass is 10.0. The smallest absolute Gasteiger partial charge is 0.261 e. The molecule has 27 heavy (non-hydrogen) atoms. The van der Waals surface area contributed by atoms with E-state index < -0.39 is 0 Å². The van der Waals surface area contributed by atoms with Crippen molar-refractivity contribution in [2.75, 3.05) is 33.2 Å². The third-order valence-corrected chi connectivity index (χ3v) is 6.43. The lowest BCUT2D eigenvalue weighted by molar-refractivity contribution is -0.135. The van der Waals surface area contributed by atoms with E-state index in [0.29, 0.717) is 11.4 Å². The Labute approximate surface area is 165 Å². The molecule has 2 aromatic rings. The van der Waals surface area contributed by atoms with Crippen molar-refractivity contribution in [2.24, 2.45) is 0 Å². The summed E-state index contributed by atoms with van der Waals surface area (Å²) in [5, 5.41) is 2.81. The minimum atomic E-state index is -0.165. The summed E-state index contributed by atoms with van der Waals surface area (Å²) in [6.07, 6.45) is 0.919. The van der Waals surface area contributed by atoms with E-state index in [2.05, 4.69) is 36.3 Å². The number of benzene rings is 1. The van der Waals surface area contributed by atoms with Crippen LogP contribution in [0.15, 0.2) is 36.4 Å². The Hall–Kier alpha value is -2.18. The first kappa shape index (κ1) is 19.6. The third kappa shape index (κ3) is 4.57. The van der Waals surface area contributed by atoms with Crippen LogP contribution < -0.4 is 5.32 Å². The van der Waals surface area contributed by atoms with Gasteiger partial charge in [-0.2, -0.15) is 0 Å². The van der Waals surface area contributed by atoms with Crippen molar-refractivity contribution < 1.29 is 9.59 Å². The molecule has 1 aliphatic heterocycles. The highest BCUT2D eigenvalue weighted by Gasteiger charge is 2.30. The molecule has 2 heterocycles. The first-order valence-electron chi connectivity index (χ1n) is 9.40. The molecule has 1 atom stereocenters. The van der Waals surface area contributed by atoms with Crippen molar-refractivity contribution in [3.05, 3.63) is 57.3 Å². The number of carbonyl (C=O) groups is 2. The number of hydrogen-bond acceptors (Lipinski definition) is 4. The molecule has 1 aliphatic rings. The Balaban J connectivity index is 1.65. The maximum absolute atomic E-state index is 12.8. The number of nitrogens with one attached hydrogen (secondary N) is 1. The second-order valence-corrected chi connectivity index (χ2v) is 8.17. The zero-order chi connectivity index (χ0) is 19.4. The van der Waals surface area contributed by atoms with Gasteiger partial charge >= 0.3 is 0 Å². The molecule has 6 heteroatoms. The number of carbonyl (C=O) groups excluding carboxylic acids is 2. The Morgan fingerprint density at radius 3 is 2.63 bits per heavy atom. The van der Waals surface area contributed by atoms with Gasteiger partial charge in [-0.15, -0.1) is 11.3 Å². The van der Waals surface area contributed by atoms with Gasteiger partial charge in [0.2, 0.25) is 5.91 Å². The number of likely N-dealkylation sites (N-methyl/N-ethyl adjacent to an activating group) is 1.